The van der Waals surface area contributed by atoms with Gasteiger partial charge in [-0.25, -0.2) is 5.84 Å². The fourth-order valence-corrected chi connectivity index (χ4v) is 2.42. The molecule has 0 radical (unpaired) electrons. The molecule has 0 bridgehead atoms. The molecule has 1 aromatic carbocycles. The van der Waals surface area contributed by atoms with E-state index in [0.717, 1.165) is 0 Å². The van der Waals surface area contributed by atoms with Crippen molar-refractivity contribution >= 4 is 53.5 Å². The highest BCUT2D eigenvalue weighted by Gasteiger charge is 2.13. The summed E-state index contributed by atoms with van der Waals surface area (Å²) in [6.07, 6.45) is 0. The zero-order valence-corrected chi connectivity index (χ0v) is 11.7. The highest BCUT2D eigenvalue weighted by atomic mass is 79.9. The van der Waals surface area contributed by atoms with Crippen LogP contribution in [0.2, 0.25) is 0 Å². The van der Waals surface area contributed by atoms with Gasteiger partial charge in [-0.2, -0.15) is 4.94 Å². The largest absolute Gasteiger partial charge is 0.318 e. The first kappa shape index (κ1) is 12.7. The number of rotatable bonds is 3. The minimum atomic E-state index is -0.999. The van der Waals surface area contributed by atoms with Gasteiger partial charge in [0, 0.05) is 8.95 Å². The van der Waals surface area contributed by atoms with Crippen LogP contribution in [-0.4, -0.2) is 5.09 Å². The summed E-state index contributed by atoms with van der Waals surface area (Å²) < 4.78 is 1.94. The second kappa shape index (κ2) is 5.10. The topological polar surface area (TPSA) is 81.6 Å². The third-order valence-electron chi connectivity index (χ3n) is 1.37. The van der Waals surface area contributed by atoms with Gasteiger partial charge in [-0.3, -0.25) is 0 Å². The van der Waals surface area contributed by atoms with Crippen LogP contribution in [0.5, 0.6) is 0 Å². The molecule has 0 fully saturated rings. The van der Waals surface area contributed by atoms with E-state index in [-0.39, 0.29) is 0 Å². The SMILES string of the molecule is NN(O[N+](=O)[O-])c1cc(Br)cc(Br)c1Br. The number of halogens is 3. The van der Waals surface area contributed by atoms with E-state index < -0.39 is 5.09 Å². The van der Waals surface area contributed by atoms with Crippen molar-refractivity contribution in [3.05, 3.63) is 35.7 Å². The molecule has 0 heterocycles. The number of nitrogens with zero attached hydrogens (tertiary/aromatic N) is 2. The second-order valence-corrected chi connectivity index (χ2v) is 4.91. The highest BCUT2D eigenvalue weighted by Crippen LogP contribution is 2.35. The first-order valence-electron chi connectivity index (χ1n) is 3.43. The van der Waals surface area contributed by atoms with E-state index in [9.17, 15) is 10.1 Å². The van der Waals surface area contributed by atoms with Gasteiger partial charge in [-0.1, -0.05) is 15.9 Å². The van der Waals surface area contributed by atoms with Gasteiger partial charge in [0.25, 0.3) is 0 Å². The Kier molecular flexibility index (Phi) is 4.32. The summed E-state index contributed by atoms with van der Waals surface area (Å²) in [5.74, 6) is 5.33. The Balaban J connectivity index is 3.07. The van der Waals surface area contributed by atoms with Gasteiger partial charge >= 0.3 is 5.09 Å². The third kappa shape index (κ3) is 3.30. The lowest BCUT2D eigenvalue weighted by Crippen LogP contribution is -2.33. The molecule has 9 heteroatoms. The zero-order chi connectivity index (χ0) is 11.6. The van der Waals surface area contributed by atoms with E-state index >= 15 is 0 Å². The fraction of sp³-hybridized carbons (Fsp3) is 0. The quantitative estimate of drug-likeness (QED) is 0.362. The van der Waals surface area contributed by atoms with Crippen LogP contribution in [0.4, 0.5) is 5.69 Å². The van der Waals surface area contributed by atoms with Gasteiger partial charge < -0.3 is 0 Å². The molecule has 82 valence electrons. The molecule has 6 nitrogen and oxygen atoms in total. The molecule has 0 unspecified atom stereocenters. The summed E-state index contributed by atoms with van der Waals surface area (Å²) in [5.41, 5.74) is 0.313. The van der Waals surface area contributed by atoms with E-state index in [2.05, 4.69) is 52.7 Å². The summed E-state index contributed by atoms with van der Waals surface area (Å²) in [7, 11) is 0. The monoisotopic (exact) mass is 403 g/mol. The molecule has 0 amide bonds. The number of hydrazine groups is 1. The first-order chi connectivity index (χ1) is 6.91. The number of nitrogens with two attached hydrogens (primary N) is 1. The smallest absolute Gasteiger partial charge is 0.223 e. The van der Waals surface area contributed by atoms with Crippen molar-refractivity contribution < 1.29 is 10.0 Å². The number of hydrogen-bond donors (Lipinski definition) is 1. The molecule has 0 saturated heterocycles. The molecular weight excluding hydrogens is 402 g/mol. The normalized spacial score (nSPS) is 9.87. The van der Waals surface area contributed by atoms with Crippen molar-refractivity contribution in [1.29, 1.82) is 0 Å². The minimum Gasteiger partial charge on any atom is -0.223 e. The van der Waals surface area contributed by atoms with E-state index in [1.54, 1.807) is 12.1 Å². The molecule has 15 heavy (non-hydrogen) atoms. The Morgan fingerprint density at radius 1 is 1.40 bits per heavy atom. The second-order valence-electron chi connectivity index (χ2n) is 2.35. The van der Waals surface area contributed by atoms with Crippen LogP contribution in [0, 0.1) is 10.1 Å². The van der Waals surface area contributed by atoms with E-state index in [1.807, 2.05) is 0 Å². The standard InChI is InChI=1S/C6H4Br3N3O3/c7-3-1-4(8)6(9)5(2-3)11(10)15-12(13)14/h1-2H,10H2. The van der Waals surface area contributed by atoms with Gasteiger partial charge in [0.15, 0.2) is 0 Å². The van der Waals surface area contributed by atoms with E-state index in [1.165, 1.54) is 0 Å². The van der Waals surface area contributed by atoms with Crippen molar-refractivity contribution in [3.63, 3.8) is 0 Å². The summed E-state index contributed by atoms with van der Waals surface area (Å²) in [5, 5.41) is 9.64. The minimum absolute atomic E-state index is 0.313. The summed E-state index contributed by atoms with van der Waals surface area (Å²) in [4.78, 5) is 14.2. The lowest BCUT2D eigenvalue weighted by Gasteiger charge is -2.16. The Bertz CT molecular complexity index is 401. The fourth-order valence-electron chi connectivity index (χ4n) is 0.819. The maximum Gasteiger partial charge on any atom is 0.318 e. The molecule has 1 aromatic rings. The Labute approximate surface area is 110 Å². The van der Waals surface area contributed by atoms with E-state index in [4.69, 9.17) is 5.84 Å². The lowest BCUT2D eigenvalue weighted by molar-refractivity contribution is -0.762. The van der Waals surface area contributed by atoms with Crippen LogP contribution in [0.15, 0.2) is 25.6 Å². The third-order valence-corrected chi connectivity index (χ3v) is 3.81. The first-order valence-corrected chi connectivity index (χ1v) is 5.81. The summed E-state index contributed by atoms with van der Waals surface area (Å²) >= 11 is 9.68. The van der Waals surface area contributed by atoms with Crippen molar-refractivity contribution in [1.82, 2.24) is 0 Å². The molecule has 0 aromatic heterocycles. The number of benzene rings is 1. The maximum atomic E-state index is 10.1. The van der Waals surface area contributed by atoms with Crippen molar-refractivity contribution in [2.24, 2.45) is 5.84 Å². The van der Waals surface area contributed by atoms with Crippen LogP contribution >= 0.6 is 47.8 Å². The molecule has 0 saturated carbocycles. The van der Waals surface area contributed by atoms with Gasteiger partial charge in [0.2, 0.25) is 0 Å². The average molecular weight is 406 g/mol. The Hall–Kier alpha value is -0.380. The van der Waals surface area contributed by atoms with Gasteiger partial charge in [0.05, 0.1) is 10.2 Å². The van der Waals surface area contributed by atoms with Crippen LogP contribution in [0.3, 0.4) is 0 Å². The molecule has 0 atom stereocenters. The van der Waals surface area contributed by atoms with E-state index in [0.29, 0.717) is 24.3 Å². The van der Waals surface area contributed by atoms with Crippen LogP contribution in [-0.2, 0) is 4.94 Å². The number of hydrogen-bond acceptors (Lipinski definition) is 5. The molecule has 0 aliphatic heterocycles. The summed E-state index contributed by atoms with van der Waals surface area (Å²) in [6.45, 7) is 0. The molecule has 0 aliphatic rings. The molecule has 1 rings (SSSR count). The van der Waals surface area contributed by atoms with Crippen LogP contribution in [0.25, 0.3) is 0 Å². The van der Waals surface area contributed by atoms with Crippen LogP contribution < -0.4 is 11.0 Å². The molecule has 2 N–H and O–H groups in total. The van der Waals surface area contributed by atoms with Gasteiger partial charge in [0.1, 0.15) is 0 Å². The Morgan fingerprint density at radius 2 is 2.00 bits per heavy atom. The summed E-state index contributed by atoms with van der Waals surface area (Å²) in [6, 6.07) is 3.33. The zero-order valence-electron chi connectivity index (χ0n) is 6.99. The lowest BCUT2D eigenvalue weighted by atomic mass is 10.3. The Morgan fingerprint density at radius 3 is 2.53 bits per heavy atom. The van der Waals surface area contributed by atoms with Gasteiger partial charge in [-0.05, 0) is 44.0 Å². The van der Waals surface area contributed by atoms with Crippen molar-refractivity contribution in [2.75, 3.05) is 5.17 Å². The van der Waals surface area contributed by atoms with Crippen molar-refractivity contribution in [2.45, 2.75) is 0 Å². The average Bonchev–Trinajstić information content (AvgIpc) is 2.09. The predicted octanol–water partition coefficient (Wildman–Crippen LogP) is 2.78. The maximum absolute atomic E-state index is 10.1. The molecule has 0 spiro atoms. The van der Waals surface area contributed by atoms with Gasteiger partial charge in [-0.15, -0.1) is 15.3 Å². The number of anilines is 1. The predicted molar refractivity (Wildman–Crippen MR) is 64.3 cm³/mol. The molecule has 0 aliphatic carbocycles. The molecular formula is C6H4Br3N3O3. The van der Waals surface area contributed by atoms with Crippen molar-refractivity contribution in [3.8, 4) is 0 Å². The van der Waals surface area contributed by atoms with Crippen LogP contribution in [0.1, 0.15) is 0 Å². The highest BCUT2D eigenvalue weighted by molar-refractivity contribution is 9.13.